The Morgan fingerprint density at radius 3 is 2.57 bits per heavy atom. The van der Waals surface area contributed by atoms with Crippen LogP contribution in [0.3, 0.4) is 0 Å². The number of hydrogen-bond acceptors (Lipinski definition) is 3. The first kappa shape index (κ1) is 19.9. The summed E-state index contributed by atoms with van der Waals surface area (Å²) in [6, 6.07) is 15.2. The van der Waals surface area contributed by atoms with Crippen molar-refractivity contribution in [3.05, 3.63) is 71.4 Å². The molecule has 1 amide bonds. The van der Waals surface area contributed by atoms with E-state index in [-0.39, 0.29) is 6.54 Å². The summed E-state index contributed by atoms with van der Waals surface area (Å²) in [5.41, 5.74) is 3.72. The first-order valence-corrected chi connectivity index (χ1v) is 10.8. The number of rotatable bonds is 8. The van der Waals surface area contributed by atoms with Crippen LogP contribution >= 0.6 is 0 Å². The van der Waals surface area contributed by atoms with Crippen LogP contribution in [0.25, 0.3) is 10.9 Å². The molecule has 0 aliphatic carbocycles. The monoisotopic (exact) mass is 401 g/mol. The lowest BCUT2D eigenvalue weighted by Crippen LogP contribution is -2.30. The van der Waals surface area contributed by atoms with Crippen LogP contribution in [0, 0.1) is 0 Å². The number of aromatic nitrogens is 1. The van der Waals surface area contributed by atoms with Crippen molar-refractivity contribution in [2.24, 2.45) is 0 Å². The molecular weight excluding hydrogens is 378 g/mol. The molecule has 7 nitrogen and oxygen atoms in total. The Hall–Kier alpha value is -2.84. The van der Waals surface area contributed by atoms with Gasteiger partial charge in [0, 0.05) is 36.7 Å². The SMILES string of the molecule is CS(=O)(=O)NCc1ccc2[nH]cc(CCN(Cc3ccccc3)C(=O)O)c2c1. The van der Waals surface area contributed by atoms with Crippen molar-refractivity contribution in [3.8, 4) is 0 Å². The zero-order chi connectivity index (χ0) is 20.1. The molecule has 8 heteroatoms. The number of H-pyrrole nitrogens is 1. The van der Waals surface area contributed by atoms with Gasteiger partial charge in [-0.1, -0.05) is 36.4 Å². The molecule has 148 valence electrons. The molecule has 0 fully saturated rings. The van der Waals surface area contributed by atoms with E-state index in [2.05, 4.69) is 9.71 Å². The first-order valence-electron chi connectivity index (χ1n) is 8.87. The van der Waals surface area contributed by atoms with Gasteiger partial charge in [0.25, 0.3) is 0 Å². The second-order valence-electron chi connectivity index (χ2n) is 6.73. The molecule has 1 heterocycles. The van der Waals surface area contributed by atoms with Crippen LogP contribution in [0.5, 0.6) is 0 Å². The number of hydrogen-bond donors (Lipinski definition) is 3. The number of nitrogens with one attached hydrogen (secondary N) is 2. The Labute approximate surface area is 164 Å². The average Bonchev–Trinajstić information content (AvgIpc) is 3.06. The van der Waals surface area contributed by atoms with E-state index in [0.717, 1.165) is 33.8 Å². The maximum Gasteiger partial charge on any atom is 0.407 e. The number of benzene rings is 2. The van der Waals surface area contributed by atoms with Crippen molar-refractivity contribution in [1.29, 1.82) is 0 Å². The molecule has 0 aliphatic rings. The zero-order valence-corrected chi connectivity index (χ0v) is 16.4. The summed E-state index contributed by atoms with van der Waals surface area (Å²) in [7, 11) is -3.26. The summed E-state index contributed by atoms with van der Waals surface area (Å²) in [6.45, 7) is 0.916. The highest BCUT2D eigenvalue weighted by molar-refractivity contribution is 7.88. The molecule has 0 bridgehead atoms. The van der Waals surface area contributed by atoms with Crippen LogP contribution in [0.4, 0.5) is 4.79 Å². The second-order valence-corrected chi connectivity index (χ2v) is 8.56. The van der Waals surface area contributed by atoms with Crippen molar-refractivity contribution >= 4 is 27.0 Å². The largest absolute Gasteiger partial charge is 0.465 e. The quantitative estimate of drug-likeness (QED) is 0.540. The van der Waals surface area contributed by atoms with Crippen LogP contribution in [-0.4, -0.2) is 42.3 Å². The molecule has 0 spiro atoms. The van der Waals surface area contributed by atoms with Gasteiger partial charge in [-0.05, 0) is 35.2 Å². The second kappa shape index (κ2) is 8.45. The molecule has 28 heavy (non-hydrogen) atoms. The third-order valence-electron chi connectivity index (χ3n) is 4.51. The molecular formula is C20H23N3O4S. The fourth-order valence-corrected chi connectivity index (χ4v) is 3.49. The maximum atomic E-state index is 11.6. The van der Waals surface area contributed by atoms with Crippen molar-refractivity contribution in [2.75, 3.05) is 12.8 Å². The Bertz CT molecular complexity index is 1060. The minimum Gasteiger partial charge on any atom is -0.465 e. The van der Waals surface area contributed by atoms with E-state index in [1.165, 1.54) is 4.90 Å². The number of fused-ring (bicyclic) bond motifs is 1. The molecule has 2 aromatic carbocycles. The molecule has 3 rings (SSSR count). The van der Waals surface area contributed by atoms with E-state index >= 15 is 0 Å². The van der Waals surface area contributed by atoms with Gasteiger partial charge in [-0.15, -0.1) is 0 Å². The van der Waals surface area contributed by atoms with Gasteiger partial charge in [-0.25, -0.2) is 17.9 Å². The average molecular weight is 401 g/mol. The Morgan fingerprint density at radius 2 is 1.89 bits per heavy atom. The van der Waals surface area contributed by atoms with Crippen LogP contribution in [0.1, 0.15) is 16.7 Å². The van der Waals surface area contributed by atoms with Crippen molar-refractivity contribution in [3.63, 3.8) is 0 Å². The topological polar surface area (TPSA) is 103 Å². The lowest BCUT2D eigenvalue weighted by Gasteiger charge is -2.19. The Kier molecular flexibility index (Phi) is 6.01. The van der Waals surface area contributed by atoms with Gasteiger partial charge in [0.2, 0.25) is 10.0 Å². The third-order valence-corrected chi connectivity index (χ3v) is 5.18. The molecule has 0 radical (unpaired) electrons. The van der Waals surface area contributed by atoms with Gasteiger partial charge in [0.05, 0.1) is 6.26 Å². The van der Waals surface area contributed by atoms with Crippen molar-refractivity contribution in [2.45, 2.75) is 19.5 Å². The van der Waals surface area contributed by atoms with Gasteiger partial charge in [0.15, 0.2) is 0 Å². The fraction of sp³-hybridized carbons (Fsp3) is 0.250. The lowest BCUT2D eigenvalue weighted by molar-refractivity contribution is 0.143. The van der Waals surface area contributed by atoms with Crippen LogP contribution < -0.4 is 4.72 Å². The Balaban J connectivity index is 1.72. The van der Waals surface area contributed by atoms with Crippen LogP contribution in [0.2, 0.25) is 0 Å². The third kappa shape index (κ3) is 5.34. The number of carbonyl (C=O) groups is 1. The standard InChI is InChI=1S/C20H23N3O4S/c1-28(26,27)22-12-16-7-8-19-18(11-16)17(13-21-19)9-10-23(20(24)25)14-15-5-3-2-4-6-15/h2-8,11,13,21-22H,9-10,12,14H2,1H3,(H,24,25). The minimum absolute atomic E-state index is 0.217. The summed E-state index contributed by atoms with van der Waals surface area (Å²) in [5.74, 6) is 0. The first-order chi connectivity index (χ1) is 13.3. The molecule has 0 saturated carbocycles. The highest BCUT2D eigenvalue weighted by atomic mass is 32.2. The summed E-state index contributed by atoms with van der Waals surface area (Å²) >= 11 is 0. The zero-order valence-electron chi connectivity index (χ0n) is 15.6. The van der Waals surface area contributed by atoms with Crippen LogP contribution in [0.15, 0.2) is 54.7 Å². The van der Waals surface area contributed by atoms with Crippen molar-refractivity contribution in [1.82, 2.24) is 14.6 Å². The lowest BCUT2D eigenvalue weighted by atomic mass is 10.1. The molecule has 3 aromatic rings. The highest BCUT2D eigenvalue weighted by Crippen LogP contribution is 2.21. The number of nitrogens with zero attached hydrogens (tertiary/aromatic N) is 1. The van der Waals surface area contributed by atoms with E-state index in [9.17, 15) is 18.3 Å². The number of amides is 1. The molecule has 0 atom stereocenters. The van der Waals surface area contributed by atoms with Gasteiger partial charge in [-0.3, -0.25) is 0 Å². The minimum atomic E-state index is -3.26. The van der Waals surface area contributed by atoms with Gasteiger partial charge < -0.3 is 15.0 Å². The Morgan fingerprint density at radius 1 is 1.14 bits per heavy atom. The van der Waals surface area contributed by atoms with E-state index in [0.29, 0.717) is 19.5 Å². The van der Waals surface area contributed by atoms with Gasteiger partial charge in [0.1, 0.15) is 0 Å². The summed E-state index contributed by atoms with van der Waals surface area (Å²) in [4.78, 5) is 16.2. The fourth-order valence-electron chi connectivity index (χ4n) is 3.06. The normalized spacial score (nSPS) is 11.6. The molecule has 1 aromatic heterocycles. The van der Waals surface area contributed by atoms with E-state index in [1.54, 1.807) is 0 Å². The summed E-state index contributed by atoms with van der Waals surface area (Å²) < 4.78 is 25.1. The van der Waals surface area contributed by atoms with Gasteiger partial charge >= 0.3 is 6.09 Å². The predicted molar refractivity (Wildman–Crippen MR) is 109 cm³/mol. The van der Waals surface area contributed by atoms with E-state index < -0.39 is 16.1 Å². The molecule has 0 saturated heterocycles. The van der Waals surface area contributed by atoms with Crippen LogP contribution in [-0.2, 0) is 29.5 Å². The summed E-state index contributed by atoms with van der Waals surface area (Å²) in [5, 5.41) is 10.5. The smallest absolute Gasteiger partial charge is 0.407 e. The van der Waals surface area contributed by atoms with E-state index in [4.69, 9.17) is 0 Å². The highest BCUT2D eigenvalue weighted by Gasteiger charge is 2.14. The van der Waals surface area contributed by atoms with Gasteiger partial charge in [-0.2, -0.15) is 0 Å². The predicted octanol–water partition coefficient (Wildman–Crippen LogP) is 2.94. The molecule has 3 N–H and O–H groups in total. The number of carboxylic acid groups (broad SMARTS) is 1. The van der Waals surface area contributed by atoms with Crippen molar-refractivity contribution < 1.29 is 18.3 Å². The number of sulfonamides is 1. The molecule has 0 unspecified atom stereocenters. The van der Waals surface area contributed by atoms with E-state index in [1.807, 2.05) is 54.7 Å². The summed E-state index contributed by atoms with van der Waals surface area (Å²) in [6.07, 6.45) is 2.60. The molecule has 0 aliphatic heterocycles. The number of aromatic amines is 1. The maximum absolute atomic E-state index is 11.6.